The van der Waals surface area contributed by atoms with Gasteiger partial charge in [-0.05, 0) is 63.4 Å². The van der Waals surface area contributed by atoms with Crippen LogP contribution in [0, 0.1) is 0 Å². The number of hydrogen-bond donors (Lipinski definition) is 3. The van der Waals surface area contributed by atoms with Crippen molar-refractivity contribution in [3.8, 4) is 0 Å². The van der Waals surface area contributed by atoms with Gasteiger partial charge >= 0.3 is 19.5 Å². The third-order valence-electron chi connectivity index (χ3n) is 11.5. The maximum Gasteiger partial charge on any atom is 0.326 e. The summed E-state index contributed by atoms with van der Waals surface area (Å²) in [4.78, 5) is 50.2. The van der Waals surface area contributed by atoms with Crippen molar-refractivity contribution in [2.75, 3.05) is 41.9 Å². The second-order valence-corrected chi connectivity index (χ2v) is 22.5. The van der Waals surface area contributed by atoms with Crippen LogP contribution < -0.4 is 21.2 Å². The molecule has 0 bridgehead atoms. The minimum Gasteiger partial charge on any atom is -0.462 e. The SMILES string of the molecule is CC(C)OC(=O)CN(c1ccccc1)P(=O)(CO[C@H](C)Cn1cnc2c(N)ncnc21)OCc1ccccc1.CC(OC(=O)CNP(=O)(CO[C@H](C)Cn1cnc2c(N)ncnc21)OCc1ccccc1)c1ccccc1. The highest BCUT2D eigenvalue weighted by molar-refractivity contribution is 7.60. The van der Waals surface area contributed by atoms with Crippen molar-refractivity contribution in [2.45, 2.75) is 85.3 Å². The second kappa shape index (κ2) is 27.6. The monoisotopic (exact) mass is 1090 g/mol. The van der Waals surface area contributed by atoms with Crippen molar-refractivity contribution < 1.29 is 46.7 Å². The molecule has 5 N–H and O–H groups in total. The minimum atomic E-state index is -3.77. The predicted octanol–water partition coefficient (Wildman–Crippen LogP) is 8.71. The second-order valence-electron chi connectivity index (χ2n) is 18.0. The van der Waals surface area contributed by atoms with E-state index in [4.69, 9.17) is 39.5 Å². The third kappa shape index (κ3) is 16.8. The fourth-order valence-electron chi connectivity index (χ4n) is 7.59. The summed E-state index contributed by atoms with van der Waals surface area (Å²) in [6.07, 6.45) is 3.86. The summed E-state index contributed by atoms with van der Waals surface area (Å²) in [6, 6.07) is 37.1. The number of fused-ring (bicyclic) bond motifs is 2. The molecule has 3 unspecified atom stereocenters. The molecule has 8 rings (SSSR count). The summed E-state index contributed by atoms with van der Waals surface area (Å²) in [6.45, 7) is 9.31. The molecule has 22 nitrogen and oxygen atoms in total. The lowest BCUT2D eigenvalue weighted by Crippen LogP contribution is -2.32. The highest BCUT2D eigenvalue weighted by atomic mass is 31.2. The standard InChI is InChI=1S/C27H33N6O5P.C26H31N6O5P/c1-20(2)38-24(34)15-33(23-12-8-5-9-13-23)39(35,37-16-22-10-6-4-7-11-22)19-36-21(3)14-32-18-31-25-26(28)29-17-30-27(25)32;1-19(14-32-17-30-24-25(27)28-16-29-26(24)32)35-18-38(34,36-15-21-9-5-3-6-10-21)31-13-23(33)37-20(2)22-11-7-4-8-12-22/h4-13,17-18,20-21H,14-16,19H2,1-3H3,(H2,28,29,30);3-12,16-17,19-20H,13-15,18H2,1-2H3,(H,31,34)(H2,27,28,29)/t21-,39?;19-,20?,38?/m11/s1. The van der Waals surface area contributed by atoms with Crippen molar-refractivity contribution in [3.05, 3.63) is 163 Å². The number of esters is 2. The molecule has 77 heavy (non-hydrogen) atoms. The van der Waals surface area contributed by atoms with Crippen LogP contribution in [0.15, 0.2) is 147 Å². The van der Waals surface area contributed by atoms with E-state index in [1.165, 1.54) is 17.3 Å². The molecule has 0 aliphatic heterocycles. The number of nitrogen functional groups attached to an aromatic ring is 2. The summed E-state index contributed by atoms with van der Waals surface area (Å²) >= 11 is 0. The van der Waals surface area contributed by atoms with Gasteiger partial charge in [-0.2, -0.15) is 0 Å². The zero-order chi connectivity index (χ0) is 54.8. The Hall–Kier alpha value is -7.42. The van der Waals surface area contributed by atoms with Gasteiger partial charge in [-0.3, -0.25) is 23.4 Å². The Morgan fingerprint density at radius 1 is 0.597 bits per heavy atom. The largest absolute Gasteiger partial charge is 0.462 e. The number of imidazole rings is 2. The molecule has 406 valence electrons. The number of carbonyl (C=O) groups excluding carboxylic acids is 2. The summed E-state index contributed by atoms with van der Waals surface area (Å²) < 4.78 is 68.1. The number of nitrogens with two attached hydrogens (primary N) is 2. The molecule has 0 aliphatic rings. The number of nitrogens with one attached hydrogen (secondary N) is 1. The normalized spacial score (nSPS) is 14.2. The van der Waals surface area contributed by atoms with E-state index in [0.29, 0.717) is 46.9 Å². The highest BCUT2D eigenvalue weighted by Crippen LogP contribution is 2.54. The maximum absolute atomic E-state index is 14.6. The number of nitrogens with zero attached hydrogens (tertiary/aromatic N) is 9. The highest BCUT2D eigenvalue weighted by Gasteiger charge is 2.36. The predicted molar refractivity (Wildman–Crippen MR) is 292 cm³/mol. The van der Waals surface area contributed by atoms with Gasteiger partial charge in [-0.15, -0.1) is 0 Å². The first-order chi connectivity index (χ1) is 37.1. The first-order valence-electron chi connectivity index (χ1n) is 24.7. The lowest BCUT2D eigenvalue weighted by atomic mass is 10.1. The van der Waals surface area contributed by atoms with E-state index < -0.39 is 39.2 Å². The molecule has 0 aliphatic carbocycles. The molecule has 5 atom stereocenters. The summed E-state index contributed by atoms with van der Waals surface area (Å²) in [5.41, 5.74) is 17.0. The van der Waals surface area contributed by atoms with Crippen LogP contribution in [-0.2, 0) is 73.0 Å². The van der Waals surface area contributed by atoms with E-state index in [-0.39, 0.29) is 57.0 Å². The summed E-state index contributed by atoms with van der Waals surface area (Å²) in [7, 11) is -7.37. The molecule has 8 aromatic rings. The van der Waals surface area contributed by atoms with Gasteiger partial charge in [0.25, 0.3) is 7.52 Å². The van der Waals surface area contributed by atoms with Crippen LogP contribution in [0.3, 0.4) is 0 Å². The van der Waals surface area contributed by atoms with Gasteiger partial charge in [0.05, 0.1) is 57.3 Å². The van der Waals surface area contributed by atoms with Gasteiger partial charge in [0.15, 0.2) is 22.9 Å². The van der Waals surface area contributed by atoms with Crippen LogP contribution in [-0.4, -0.2) is 95.1 Å². The average Bonchev–Trinajstić information content (AvgIpc) is 4.05. The number of carbonyl (C=O) groups is 2. The van der Waals surface area contributed by atoms with Crippen molar-refractivity contribution in [1.29, 1.82) is 0 Å². The lowest BCUT2D eigenvalue weighted by Gasteiger charge is -2.33. The van der Waals surface area contributed by atoms with Gasteiger partial charge in [0.1, 0.15) is 55.6 Å². The Bertz CT molecular complexity index is 3230. The molecule has 24 heteroatoms. The Kier molecular flexibility index (Phi) is 20.5. The Morgan fingerprint density at radius 3 is 1.60 bits per heavy atom. The zero-order valence-electron chi connectivity index (χ0n) is 43.5. The Labute approximate surface area is 446 Å². The van der Waals surface area contributed by atoms with Crippen molar-refractivity contribution >= 4 is 66.6 Å². The first kappa shape index (κ1) is 57.3. The molecule has 0 saturated heterocycles. The molecular formula is C53H64N12O10P2. The molecule has 4 aromatic carbocycles. The van der Waals surface area contributed by atoms with E-state index in [1.807, 2.05) is 111 Å². The fourth-order valence-corrected chi connectivity index (χ4v) is 11.0. The van der Waals surface area contributed by atoms with Gasteiger partial charge in [0.2, 0.25) is 0 Å². The Balaban J connectivity index is 0.000000224. The average molecular weight is 1090 g/mol. The molecule has 0 radical (unpaired) electrons. The number of para-hydroxylation sites is 1. The number of ether oxygens (including phenoxy) is 4. The lowest BCUT2D eigenvalue weighted by molar-refractivity contribution is -0.147. The number of benzene rings is 4. The molecule has 4 heterocycles. The van der Waals surface area contributed by atoms with Crippen LogP contribution in [0.4, 0.5) is 17.3 Å². The van der Waals surface area contributed by atoms with E-state index in [2.05, 4.69) is 35.0 Å². The molecule has 0 spiro atoms. The first-order valence-corrected chi connectivity index (χ1v) is 28.3. The number of aromatic nitrogens is 8. The smallest absolute Gasteiger partial charge is 0.326 e. The molecule has 0 saturated carbocycles. The quantitative estimate of drug-likeness (QED) is 0.0337. The van der Waals surface area contributed by atoms with Gasteiger partial charge < -0.3 is 48.6 Å². The number of rotatable bonds is 26. The van der Waals surface area contributed by atoms with Crippen LogP contribution in [0.5, 0.6) is 0 Å². The number of hydrogen-bond acceptors (Lipinski definition) is 18. The van der Waals surface area contributed by atoms with Crippen LogP contribution in [0.1, 0.15) is 57.4 Å². The van der Waals surface area contributed by atoms with E-state index in [9.17, 15) is 18.7 Å². The summed E-state index contributed by atoms with van der Waals surface area (Å²) in [5, 5.41) is 2.75. The van der Waals surface area contributed by atoms with Crippen LogP contribution in [0.2, 0.25) is 0 Å². The molecule has 0 amide bonds. The zero-order valence-corrected chi connectivity index (χ0v) is 45.3. The fraction of sp³-hybridized carbons (Fsp3) is 0.321. The third-order valence-corrected chi connectivity index (χ3v) is 15.3. The van der Waals surface area contributed by atoms with E-state index >= 15 is 0 Å². The maximum atomic E-state index is 14.6. The van der Waals surface area contributed by atoms with Crippen molar-refractivity contribution in [2.24, 2.45) is 0 Å². The van der Waals surface area contributed by atoms with Crippen molar-refractivity contribution in [3.63, 3.8) is 0 Å². The topological polar surface area (TPSA) is 278 Å². The minimum absolute atomic E-state index is 0.0702. The van der Waals surface area contributed by atoms with Gasteiger partial charge in [-0.1, -0.05) is 109 Å². The molecule has 0 fully saturated rings. The Morgan fingerprint density at radius 2 is 1.08 bits per heavy atom. The summed E-state index contributed by atoms with van der Waals surface area (Å²) in [5.74, 6) is -0.496. The van der Waals surface area contributed by atoms with Crippen LogP contribution >= 0.6 is 15.0 Å². The number of anilines is 3. The van der Waals surface area contributed by atoms with Crippen molar-refractivity contribution in [1.82, 2.24) is 44.1 Å². The molecular weight excluding hydrogens is 1030 g/mol. The van der Waals surface area contributed by atoms with E-state index in [0.717, 1.165) is 16.7 Å². The molecule has 4 aromatic heterocycles. The van der Waals surface area contributed by atoms with Gasteiger partial charge in [0, 0.05) is 5.69 Å². The van der Waals surface area contributed by atoms with E-state index in [1.54, 1.807) is 66.8 Å². The van der Waals surface area contributed by atoms with Gasteiger partial charge in [-0.25, -0.2) is 35.0 Å². The van der Waals surface area contributed by atoms with Crippen LogP contribution in [0.25, 0.3) is 22.3 Å².